The van der Waals surface area contributed by atoms with E-state index in [-0.39, 0.29) is 0 Å². The fourth-order valence-corrected chi connectivity index (χ4v) is 2.84. The number of hydrogen-bond acceptors (Lipinski definition) is 4. The van der Waals surface area contributed by atoms with Crippen molar-refractivity contribution in [3.8, 4) is 0 Å². The Hall–Kier alpha value is -0.130. The van der Waals surface area contributed by atoms with Crippen LogP contribution in [-0.4, -0.2) is 36.1 Å². The first-order valence-electron chi connectivity index (χ1n) is 4.92. The molecule has 0 unspecified atom stereocenters. The molecule has 0 radical (unpaired) electrons. The summed E-state index contributed by atoms with van der Waals surface area (Å²) in [6.45, 7) is 4.67. The molecule has 0 atom stereocenters. The first kappa shape index (κ1) is 10.4. The van der Waals surface area contributed by atoms with E-state index in [1.54, 1.807) is 11.3 Å². The van der Waals surface area contributed by atoms with E-state index in [1.807, 2.05) is 5.38 Å². The Bertz CT molecular complexity index is 283. The van der Waals surface area contributed by atoms with Gasteiger partial charge in [-0.2, -0.15) is 0 Å². The van der Waals surface area contributed by atoms with Crippen LogP contribution in [0.5, 0.6) is 0 Å². The number of nitrogens with one attached hydrogen (secondary N) is 1. The molecule has 1 aliphatic heterocycles. The van der Waals surface area contributed by atoms with Gasteiger partial charge < -0.3 is 10.2 Å². The van der Waals surface area contributed by atoms with E-state index in [4.69, 9.17) is 0 Å². The number of anilines is 1. The Morgan fingerprint density at radius 3 is 2.93 bits per heavy atom. The van der Waals surface area contributed by atoms with Crippen molar-refractivity contribution in [3.05, 3.63) is 9.98 Å². The summed E-state index contributed by atoms with van der Waals surface area (Å²) in [5, 5.41) is 6.34. The van der Waals surface area contributed by atoms with Crippen LogP contribution in [0.4, 0.5) is 5.13 Å². The first-order chi connectivity index (χ1) is 6.84. The third-order valence-electron chi connectivity index (χ3n) is 2.38. The molecular weight excluding hydrogens is 262 g/mol. The summed E-state index contributed by atoms with van der Waals surface area (Å²) in [4.78, 5) is 6.78. The third-order valence-corrected chi connectivity index (χ3v) is 3.89. The van der Waals surface area contributed by atoms with E-state index in [0.717, 1.165) is 22.8 Å². The van der Waals surface area contributed by atoms with Gasteiger partial charge in [-0.05, 0) is 41.9 Å². The van der Waals surface area contributed by atoms with E-state index in [2.05, 4.69) is 31.1 Å². The van der Waals surface area contributed by atoms with Crippen LogP contribution in [0.2, 0.25) is 0 Å². The molecule has 2 heterocycles. The molecule has 0 amide bonds. The minimum absolute atomic E-state index is 0.922. The molecule has 1 aromatic heterocycles. The second-order valence-corrected chi connectivity index (χ2v) is 5.12. The molecule has 0 aromatic carbocycles. The predicted molar refractivity (Wildman–Crippen MR) is 64.0 cm³/mol. The van der Waals surface area contributed by atoms with Gasteiger partial charge in [-0.15, -0.1) is 11.3 Å². The average molecular weight is 276 g/mol. The van der Waals surface area contributed by atoms with Crippen LogP contribution in [0, 0.1) is 0 Å². The SMILES string of the molecule is Brc1csc(NCCN2CCCC2)n1. The Labute approximate surface area is 96.7 Å². The van der Waals surface area contributed by atoms with E-state index in [0.29, 0.717) is 0 Å². The Kier molecular flexibility index (Phi) is 3.78. The molecule has 1 aromatic rings. The van der Waals surface area contributed by atoms with Gasteiger partial charge in [0.2, 0.25) is 0 Å². The minimum Gasteiger partial charge on any atom is -0.360 e. The third kappa shape index (κ3) is 2.93. The average Bonchev–Trinajstić information content (AvgIpc) is 2.77. The van der Waals surface area contributed by atoms with Crippen molar-refractivity contribution in [2.75, 3.05) is 31.5 Å². The monoisotopic (exact) mass is 275 g/mol. The smallest absolute Gasteiger partial charge is 0.183 e. The molecule has 1 aliphatic rings. The van der Waals surface area contributed by atoms with Crippen LogP contribution in [-0.2, 0) is 0 Å². The summed E-state index contributed by atoms with van der Waals surface area (Å²) < 4.78 is 0.922. The van der Waals surface area contributed by atoms with Crippen LogP contribution in [0.1, 0.15) is 12.8 Å². The second-order valence-electron chi connectivity index (χ2n) is 3.45. The number of halogens is 1. The van der Waals surface area contributed by atoms with Crippen molar-refractivity contribution in [2.45, 2.75) is 12.8 Å². The minimum atomic E-state index is 0.922. The lowest BCUT2D eigenvalue weighted by Crippen LogP contribution is -2.25. The zero-order valence-corrected chi connectivity index (χ0v) is 10.4. The van der Waals surface area contributed by atoms with Gasteiger partial charge in [0.05, 0.1) is 0 Å². The van der Waals surface area contributed by atoms with Crippen molar-refractivity contribution >= 4 is 32.4 Å². The molecule has 14 heavy (non-hydrogen) atoms. The quantitative estimate of drug-likeness (QED) is 0.915. The van der Waals surface area contributed by atoms with Crippen molar-refractivity contribution < 1.29 is 0 Å². The maximum atomic E-state index is 4.28. The highest BCUT2D eigenvalue weighted by Gasteiger charge is 2.10. The van der Waals surface area contributed by atoms with E-state index < -0.39 is 0 Å². The van der Waals surface area contributed by atoms with Gasteiger partial charge in [-0.25, -0.2) is 4.98 Å². The number of hydrogen-bond donors (Lipinski definition) is 1. The molecule has 1 saturated heterocycles. The Morgan fingerprint density at radius 2 is 2.29 bits per heavy atom. The molecule has 3 nitrogen and oxygen atoms in total. The summed E-state index contributed by atoms with van der Waals surface area (Å²) in [5.74, 6) is 0. The van der Waals surface area contributed by atoms with Crippen LogP contribution < -0.4 is 5.32 Å². The number of rotatable bonds is 4. The van der Waals surface area contributed by atoms with Gasteiger partial charge in [0.25, 0.3) is 0 Å². The number of thiazole rings is 1. The van der Waals surface area contributed by atoms with Gasteiger partial charge in [0.15, 0.2) is 5.13 Å². The van der Waals surface area contributed by atoms with Gasteiger partial charge in [0.1, 0.15) is 4.60 Å². The number of aromatic nitrogens is 1. The first-order valence-corrected chi connectivity index (χ1v) is 6.59. The van der Waals surface area contributed by atoms with E-state index >= 15 is 0 Å². The molecule has 78 valence electrons. The van der Waals surface area contributed by atoms with Gasteiger partial charge in [-0.3, -0.25) is 0 Å². The van der Waals surface area contributed by atoms with Gasteiger partial charge >= 0.3 is 0 Å². The summed E-state index contributed by atoms with van der Waals surface area (Å²) >= 11 is 4.98. The van der Waals surface area contributed by atoms with Gasteiger partial charge in [-0.1, -0.05) is 0 Å². The molecule has 0 spiro atoms. The molecule has 1 N–H and O–H groups in total. The highest BCUT2D eigenvalue weighted by molar-refractivity contribution is 9.10. The van der Waals surface area contributed by atoms with Crippen molar-refractivity contribution in [3.63, 3.8) is 0 Å². The maximum absolute atomic E-state index is 4.28. The lowest BCUT2D eigenvalue weighted by atomic mass is 10.4. The molecule has 5 heteroatoms. The van der Waals surface area contributed by atoms with E-state index in [9.17, 15) is 0 Å². The van der Waals surface area contributed by atoms with Gasteiger partial charge in [0, 0.05) is 18.5 Å². The lowest BCUT2D eigenvalue weighted by molar-refractivity contribution is 0.352. The standard InChI is InChI=1S/C9H14BrN3S/c10-8-7-14-9(12-8)11-3-6-13-4-1-2-5-13/h7H,1-6H2,(H,11,12). The van der Waals surface area contributed by atoms with Crippen molar-refractivity contribution in [2.24, 2.45) is 0 Å². The zero-order valence-electron chi connectivity index (χ0n) is 8.00. The highest BCUT2D eigenvalue weighted by atomic mass is 79.9. The fourth-order valence-electron chi connectivity index (χ4n) is 1.66. The summed E-state index contributed by atoms with van der Waals surface area (Å²) in [7, 11) is 0. The predicted octanol–water partition coefficient (Wildman–Crippen LogP) is 2.41. The zero-order chi connectivity index (χ0) is 9.80. The maximum Gasteiger partial charge on any atom is 0.183 e. The molecule has 0 saturated carbocycles. The summed E-state index contributed by atoms with van der Waals surface area (Å²) in [5.41, 5.74) is 0. The Balaban J connectivity index is 1.67. The normalized spacial score (nSPS) is 17.5. The number of nitrogens with zero attached hydrogens (tertiary/aromatic N) is 2. The molecule has 0 aliphatic carbocycles. The van der Waals surface area contributed by atoms with Crippen LogP contribution in [0.25, 0.3) is 0 Å². The van der Waals surface area contributed by atoms with E-state index in [1.165, 1.54) is 25.9 Å². The summed E-state index contributed by atoms with van der Waals surface area (Å²) in [6.07, 6.45) is 2.73. The molecular formula is C9H14BrN3S. The lowest BCUT2D eigenvalue weighted by Gasteiger charge is -2.13. The summed E-state index contributed by atoms with van der Waals surface area (Å²) in [6, 6.07) is 0. The fraction of sp³-hybridized carbons (Fsp3) is 0.667. The molecule has 2 rings (SSSR count). The molecule has 0 bridgehead atoms. The van der Waals surface area contributed by atoms with Crippen molar-refractivity contribution in [1.82, 2.24) is 9.88 Å². The second kappa shape index (κ2) is 5.09. The molecule has 1 fully saturated rings. The van der Waals surface area contributed by atoms with Crippen LogP contribution in [0.15, 0.2) is 9.98 Å². The van der Waals surface area contributed by atoms with Crippen LogP contribution in [0.3, 0.4) is 0 Å². The topological polar surface area (TPSA) is 28.2 Å². The largest absolute Gasteiger partial charge is 0.360 e. The van der Waals surface area contributed by atoms with Crippen LogP contribution >= 0.6 is 27.3 Å². The number of likely N-dealkylation sites (tertiary alicyclic amines) is 1. The van der Waals surface area contributed by atoms with Crippen molar-refractivity contribution in [1.29, 1.82) is 0 Å². The Morgan fingerprint density at radius 1 is 1.50 bits per heavy atom. The highest BCUT2D eigenvalue weighted by Crippen LogP contribution is 2.19.